The number of methoxy groups -OCH3 is 1. The molecule has 7 heteroatoms. The fraction of sp³-hybridized carbons (Fsp3) is 0.278. The summed E-state index contributed by atoms with van der Waals surface area (Å²) in [4.78, 5) is 12.4. The highest BCUT2D eigenvalue weighted by Gasteiger charge is 2.32. The van der Waals surface area contributed by atoms with Crippen LogP contribution < -0.4 is 5.73 Å². The molecule has 0 aromatic heterocycles. The Morgan fingerprint density at radius 2 is 1.64 bits per heavy atom. The second-order valence-corrected chi connectivity index (χ2v) is 7.62. The molecule has 0 radical (unpaired) electrons. The molecule has 0 bridgehead atoms. The zero-order valence-corrected chi connectivity index (χ0v) is 15.7. The first kappa shape index (κ1) is 21.2. The number of benzene rings is 2. The van der Waals surface area contributed by atoms with Gasteiger partial charge in [0, 0.05) is 6.04 Å². The van der Waals surface area contributed by atoms with Crippen LogP contribution in [0.3, 0.4) is 0 Å². The maximum Gasteiger partial charge on any atom is 0.314 e. The lowest BCUT2D eigenvalue weighted by Gasteiger charge is -2.22. The lowest BCUT2D eigenvalue weighted by Crippen LogP contribution is -2.40. The van der Waals surface area contributed by atoms with Crippen molar-refractivity contribution in [3.05, 3.63) is 65.7 Å². The quantitative estimate of drug-likeness (QED) is 0.774. The summed E-state index contributed by atoms with van der Waals surface area (Å²) in [5.41, 5.74) is 7.41. The van der Waals surface area contributed by atoms with Crippen molar-refractivity contribution < 1.29 is 17.9 Å². The molecule has 0 saturated heterocycles. The van der Waals surface area contributed by atoms with Gasteiger partial charge in [-0.1, -0.05) is 48.5 Å². The number of aryl methyl sites for hydroxylation is 1. The molecule has 0 aliphatic heterocycles. The Morgan fingerprint density at radius 3 is 2.20 bits per heavy atom. The van der Waals surface area contributed by atoms with E-state index in [1.807, 2.05) is 6.07 Å². The number of sulfone groups is 1. The van der Waals surface area contributed by atoms with E-state index < -0.39 is 27.8 Å². The summed E-state index contributed by atoms with van der Waals surface area (Å²) in [5.74, 6) is -1.73. The van der Waals surface area contributed by atoms with Gasteiger partial charge in [-0.3, -0.25) is 4.79 Å². The molecule has 2 aromatic rings. The summed E-state index contributed by atoms with van der Waals surface area (Å²) < 4.78 is 30.2. The highest BCUT2D eigenvalue weighted by molar-refractivity contribution is 7.91. The first-order chi connectivity index (χ1) is 11.4. The summed E-state index contributed by atoms with van der Waals surface area (Å²) in [7, 11) is -2.35. The third-order valence-electron chi connectivity index (χ3n) is 3.88. The lowest BCUT2D eigenvalue weighted by molar-refractivity contribution is -0.142. The first-order valence-electron chi connectivity index (χ1n) is 7.53. The predicted molar refractivity (Wildman–Crippen MR) is 99.7 cm³/mol. The van der Waals surface area contributed by atoms with Crippen LogP contribution in [0.2, 0.25) is 0 Å². The highest BCUT2D eigenvalue weighted by atomic mass is 35.5. The molecule has 2 aromatic carbocycles. The Hall–Kier alpha value is -1.89. The number of ether oxygens (including phenoxy) is 1. The number of hydrogen-bond donors (Lipinski definition) is 1. The van der Waals surface area contributed by atoms with Gasteiger partial charge in [-0.2, -0.15) is 0 Å². The molecule has 0 saturated carbocycles. The Labute approximate surface area is 154 Å². The molecule has 0 aliphatic rings. The Morgan fingerprint density at radius 1 is 1.08 bits per heavy atom. The fourth-order valence-corrected chi connectivity index (χ4v) is 4.41. The van der Waals surface area contributed by atoms with Crippen molar-refractivity contribution in [1.82, 2.24) is 0 Å². The van der Waals surface area contributed by atoms with E-state index in [1.165, 1.54) is 7.11 Å². The van der Waals surface area contributed by atoms with Crippen molar-refractivity contribution in [2.45, 2.75) is 23.8 Å². The number of carbonyl (C=O) groups excluding carboxylic acids is 1. The van der Waals surface area contributed by atoms with Crippen LogP contribution in [0, 0.1) is 6.92 Å². The third kappa shape index (κ3) is 5.04. The van der Waals surface area contributed by atoms with Crippen molar-refractivity contribution in [2.24, 2.45) is 5.73 Å². The second-order valence-electron chi connectivity index (χ2n) is 5.62. The van der Waals surface area contributed by atoms with Crippen LogP contribution in [0.1, 0.15) is 17.0 Å². The fourth-order valence-electron chi connectivity index (χ4n) is 2.69. The van der Waals surface area contributed by atoms with Crippen molar-refractivity contribution in [3.63, 3.8) is 0 Å². The average Bonchev–Trinajstić information content (AvgIpc) is 2.55. The number of halogens is 1. The minimum absolute atomic E-state index is 0. The predicted octanol–water partition coefficient (Wildman–Crippen LogP) is 2.47. The van der Waals surface area contributed by atoms with Crippen molar-refractivity contribution in [3.8, 4) is 0 Å². The maximum atomic E-state index is 12.7. The number of rotatable bonds is 6. The first-order valence-corrected chi connectivity index (χ1v) is 9.19. The number of nitrogens with two attached hydrogens (primary N) is 1. The van der Waals surface area contributed by atoms with Crippen LogP contribution in [-0.2, 0) is 19.4 Å². The molecular weight excluding hydrogens is 362 g/mol. The van der Waals surface area contributed by atoms with Gasteiger partial charge in [0.2, 0.25) is 0 Å². The van der Waals surface area contributed by atoms with Crippen LogP contribution in [0.4, 0.5) is 0 Å². The Balaban J connectivity index is 0.00000312. The van der Waals surface area contributed by atoms with Gasteiger partial charge in [0.25, 0.3) is 0 Å². The second kappa shape index (κ2) is 8.99. The van der Waals surface area contributed by atoms with Gasteiger partial charge in [0.1, 0.15) is 0 Å². The van der Waals surface area contributed by atoms with E-state index in [4.69, 9.17) is 10.5 Å². The van der Waals surface area contributed by atoms with Gasteiger partial charge in [-0.15, -0.1) is 12.4 Å². The van der Waals surface area contributed by atoms with E-state index in [2.05, 4.69) is 0 Å². The van der Waals surface area contributed by atoms with Gasteiger partial charge in [-0.25, -0.2) is 8.42 Å². The summed E-state index contributed by atoms with van der Waals surface area (Å²) in [6.07, 6.45) is 0. The van der Waals surface area contributed by atoms with E-state index >= 15 is 0 Å². The number of hydrogen-bond acceptors (Lipinski definition) is 5. The number of esters is 1. The average molecular weight is 384 g/mol. The van der Waals surface area contributed by atoms with Gasteiger partial charge in [0.05, 0.1) is 23.7 Å². The van der Waals surface area contributed by atoms with E-state index in [-0.39, 0.29) is 23.1 Å². The van der Waals surface area contributed by atoms with E-state index in [9.17, 15) is 13.2 Å². The number of carbonyl (C=O) groups is 1. The van der Waals surface area contributed by atoms with Crippen LogP contribution in [-0.4, -0.2) is 33.3 Å². The Bertz CT molecular complexity index is 809. The molecule has 0 fully saturated rings. The molecule has 2 N–H and O–H groups in total. The van der Waals surface area contributed by atoms with Crippen LogP contribution >= 0.6 is 12.4 Å². The maximum absolute atomic E-state index is 12.7. The molecule has 136 valence electrons. The van der Waals surface area contributed by atoms with Crippen LogP contribution in [0.25, 0.3) is 0 Å². The van der Waals surface area contributed by atoms with E-state index in [1.54, 1.807) is 55.5 Å². The molecular formula is C18H22ClNO4S. The monoisotopic (exact) mass is 383 g/mol. The van der Waals surface area contributed by atoms with Gasteiger partial charge in [0.15, 0.2) is 9.84 Å². The standard InChI is InChI=1S/C18H21NO4S.ClH/c1-13-8-6-7-11-16(13)24(21,22)12-15(19)17(18(20)23-2)14-9-4-3-5-10-14;/h3-11,15,17H,12,19H2,1-2H3;1H. The highest BCUT2D eigenvalue weighted by Crippen LogP contribution is 2.24. The summed E-state index contributed by atoms with van der Waals surface area (Å²) in [5, 5.41) is 0. The molecule has 2 rings (SSSR count). The van der Waals surface area contributed by atoms with Crippen molar-refractivity contribution in [2.75, 3.05) is 12.9 Å². The molecule has 0 aliphatic carbocycles. The van der Waals surface area contributed by atoms with Crippen LogP contribution in [0.5, 0.6) is 0 Å². The zero-order chi connectivity index (χ0) is 17.7. The van der Waals surface area contributed by atoms with Gasteiger partial charge >= 0.3 is 5.97 Å². The molecule has 0 amide bonds. The SMILES string of the molecule is COC(=O)C(c1ccccc1)C(N)CS(=O)(=O)c1ccccc1C.Cl. The minimum Gasteiger partial charge on any atom is -0.469 e. The zero-order valence-electron chi connectivity index (χ0n) is 14.1. The van der Waals surface area contributed by atoms with Crippen LogP contribution in [0.15, 0.2) is 59.5 Å². The largest absolute Gasteiger partial charge is 0.469 e. The molecule has 2 atom stereocenters. The summed E-state index contributed by atoms with van der Waals surface area (Å²) in [6, 6.07) is 14.6. The van der Waals surface area contributed by atoms with Crippen molar-refractivity contribution in [1.29, 1.82) is 0 Å². The molecule has 2 unspecified atom stereocenters. The smallest absolute Gasteiger partial charge is 0.314 e. The molecule has 0 heterocycles. The van der Waals surface area contributed by atoms with Gasteiger partial charge in [-0.05, 0) is 24.1 Å². The van der Waals surface area contributed by atoms with E-state index in [0.29, 0.717) is 11.1 Å². The molecule has 0 spiro atoms. The molecule has 25 heavy (non-hydrogen) atoms. The van der Waals surface area contributed by atoms with E-state index in [0.717, 1.165) is 0 Å². The lowest BCUT2D eigenvalue weighted by atomic mass is 9.93. The summed E-state index contributed by atoms with van der Waals surface area (Å²) in [6.45, 7) is 1.73. The molecule has 5 nitrogen and oxygen atoms in total. The topological polar surface area (TPSA) is 86.5 Å². The minimum atomic E-state index is -3.62. The van der Waals surface area contributed by atoms with Gasteiger partial charge < -0.3 is 10.5 Å². The summed E-state index contributed by atoms with van der Waals surface area (Å²) >= 11 is 0. The van der Waals surface area contributed by atoms with Crippen molar-refractivity contribution >= 4 is 28.2 Å². The third-order valence-corrected chi connectivity index (χ3v) is 5.83. The normalized spacial score (nSPS) is 13.4. The Kier molecular flexibility index (Phi) is 7.60.